The highest BCUT2D eigenvalue weighted by Crippen LogP contribution is 2.29. The minimum atomic E-state index is 0.287. The van der Waals surface area contributed by atoms with Crippen LogP contribution < -0.4 is 0 Å². The van der Waals surface area contributed by atoms with Crippen LogP contribution >= 0.6 is 11.8 Å². The summed E-state index contributed by atoms with van der Waals surface area (Å²) in [6, 6.07) is 20.0. The molecule has 0 N–H and O–H groups in total. The van der Waals surface area contributed by atoms with Gasteiger partial charge < -0.3 is 0 Å². The summed E-state index contributed by atoms with van der Waals surface area (Å²) >= 11 is 1.52. The minimum Gasteiger partial charge on any atom is -0.272 e. The number of aromatic nitrogens is 4. The van der Waals surface area contributed by atoms with Crippen molar-refractivity contribution in [2.45, 2.75) is 12.1 Å². The van der Waals surface area contributed by atoms with Crippen molar-refractivity contribution in [3.05, 3.63) is 65.9 Å². The number of imidazole rings is 1. The van der Waals surface area contributed by atoms with Crippen LogP contribution in [-0.2, 0) is 0 Å². The molecule has 126 valence electrons. The smallest absolute Gasteiger partial charge is 0.174 e. The second-order valence-corrected chi connectivity index (χ2v) is 6.59. The van der Waals surface area contributed by atoms with E-state index in [-0.39, 0.29) is 5.69 Å². The molecule has 4 aromatic rings. The van der Waals surface area contributed by atoms with Gasteiger partial charge >= 0.3 is 0 Å². The van der Waals surface area contributed by atoms with Gasteiger partial charge in [-0.15, -0.1) is 0 Å². The molecule has 2 aromatic heterocycles. The molecule has 0 saturated carbocycles. The fraction of sp³-hybridized carbons (Fsp3) is 0.100. The van der Waals surface area contributed by atoms with Gasteiger partial charge in [-0.1, -0.05) is 59.8 Å². The molecular weight excluding hydrogens is 342 g/mol. The zero-order chi connectivity index (χ0) is 18.1. The molecule has 0 spiro atoms. The molecule has 0 bridgehead atoms. The first-order valence-electron chi connectivity index (χ1n) is 8.08. The molecule has 0 amide bonds. The summed E-state index contributed by atoms with van der Waals surface area (Å²) < 4.78 is 1.98. The first kappa shape index (κ1) is 16.3. The Kier molecular flexibility index (Phi) is 4.15. The largest absolute Gasteiger partial charge is 0.272 e. The van der Waals surface area contributed by atoms with Gasteiger partial charge in [0.05, 0.1) is 0 Å². The zero-order valence-corrected chi connectivity index (χ0v) is 15.2. The van der Waals surface area contributed by atoms with Crippen molar-refractivity contribution in [1.82, 2.24) is 19.5 Å². The molecule has 0 atom stereocenters. The van der Waals surface area contributed by atoms with Crippen molar-refractivity contribution in [3.63, 3.8) is 0 Å². The third-order valence-corrected chi connectivity index (χ3v) is 4.73. The quantitative estimate of drug-likeness (QED) is 0.509. The Morgan fingerprint density at radius 3 is 2.35 bits per heavy atom. The molecule has 0 aliphatic carbocycles. The van der Waals surface area contributed by atoms with E-state index in [0.717, 1.165) is 16.4 Å². The number of hydrogen-bond acceptors (Lipinski definition) is 5. The van der Waals surface area contributed by atoms with Crippen molar-refractivity contribution in [1.29, 1.82) is 5.26 Å². The summed E-state index contributed by atoms with van der Waals surface area (Å²) in [7, 11) is 0. The molecule has 2 aromatic carbocycles. The highest BCUT2D eigenvalue weighted by molar-refractivity contribution is 7.98. The van der Waals surface area contributed by atoms with Gasteiger partial charge in [0, 0.05) is 11.3 Å². The number of hydrogen-bond donors (Lipinski definition) is 0. The number of nitrogens with zero attached hydrogens (tertiary/aromatic N) is 5. The van der Waals surface area contributed by atoms with Crippen molar-refractivity contribution in [2.75, 3.05) is 6.26 Å². The SMILES string of the molecule is CSc1nc2c(C#N)nc(-c3ccccc3)nc2n1-c1ccc(C)cc1. The van der Waals surface area contributed by atoms with E-state index >= 15 is 0 Å². The molecule has 0 aliphatic rings. The normalized spacial score (nSPS) is 10.8. The number of benzene rings is 2. The van der Waals surface area contributed by atoms with Gasteiger partial charge in [-0.2, -0.15) is 5.26 Å². The first-order valence-corrected chi connectivity index (χ1v) is 9.31. The highest BCUT2D eigenvalue weighted by Gasteiger charge is 2.19. The summed E-state index contributed by atoms with van der Waals surface area (Å²) in [5.74, 6) is 0.524. The molecule has 2 heterocycles. The monoisotopic (exact) mass is 357 g/mol. The van der Waals surface area contributed by atoms with Crippen LogP contribution in [0.15, 0.2) is 59.8 Å². The number of rotatable bonds is 3. The predicted octanol–water partition coefficient (Wildman–Crippen LogP) is 4.38. The summed E-state index contributed by atoms with van der Waals surface area (Å²) in [5.41, 5.74) is 4.47. The van der Waals surface area contributed by atoms with Gasteiger partial charge in [0.1, 0.15) is 11.6 Å². The number of nitriles is 1. The maximum atomic E-state index is 9.59. The third kappa shape index (κ3) is 2.72. The number of fused-ring (bicyclic) bond motifs is 1. The van der Waals surface area contributed by atoms with Crippen LogP contribution in [0.3, 0.4) is 0 Å². The molecule has 26 heavy (non-hydrogen) atoms. The number of aryl methyl sites for hydroxylation is 1. The molecule has 0 fully saturated rings. The average Bonchev–Trinajstić information content (AvgIpc) is 3.07. The topological polar surface area (TPSA) is 67.4 Å². The highest BCUT2D eigenvalue weighted by atomic mass is 32.2. The summed E-state index contributed by atoms with van der Waals surface area (Å²) in [6.45, 7) is 2.05. The Morgan fingerprint density at radius 2 is 1.69 bits per heavy atom. The van der Waals surface area contributed by atoms with Crippen molar-refractivity contribution in [2.24, 2.45) is 0 Å². The van der Waals surface area contributed by atoms with E-state index in [0.29, 0.717) is 17.0 Å². The van der Waals surface area contributed by atoms with Crippen molar-refractivity contribution in [3.8, 4) is 23.1 Å². The van der Waals surface area contributed by atoms with E-state index in [2.05, 4.69) is 35.1 Å². The van der Waals surface area contributed by atoms with E-state index in [1.165, 1.54) is 17.3 Å². The molecule has 6 heteroatoms. The summed E-state index contributed by atoms with van der Waals surface area (Å²) in [4.78, 5) is 13.8. The summed E-state index contributed by atoms with van der Waals surface area (Å²) in [6.07, 6.45) is 1.96. The van der Waals surface area contributed by atoms with Gasteiger partial charge in [-0.25, -0.2) is 15.0 Å². The van der Waals surface area contributed by atoms with E-state index in [1.807, 2.05) is 53.3 Å². The second-order valence-electron chi connectivity index (χ2n) is 5.82. The lowest BCUT2D eigenvalue weighted by molar-refractivity contribution is 0.911. The van der Waals surface area contributed by atoms with E-state index in [4.69, 9.17) is 4.98 Å². The lowest BCUT2D eigenvalue weighted by Gasteiger charge is -2.08. The fourth-order valence-corrected chi connectivity index (χ4v) is 3.35. The Bertz CT molecular complexity index is 1130. The van der Waals surface area contributed by atoms with Crippen LogP contribution in [0.2, 0.25) is 0 Å². The average molecular weight is 357 g/mol. The molecule has 5 nitrogen and oxygen atoms in total. The predicted molar refractivity (Wildman–Crippen MR) is 103 cm³/mol. The summed E-state index contributed by atoms with van der Waals surface area (Å²) in [5, 5.41) is 10.4. The van der Waals surface area contributed by atoms with E-state index < -0.39 is 0 Å². The van der Waals surface area contributed by atoms with Crippen molar-refractivity contribution < 1.29 is 0 Å². The third-order valence-electron chi connectivity index (χ3n) is 4.09. The maximum absolute atomic E-state index is 9.59. The zero-order valence-electron chi connectivity index (χ0n) is 14.3. The first-order chi connectivity index (χ1) is 12.7. The molecule has 0 aliphatic heterocycles. The molecule has 4 rings (SSSR count). The Balaban J connectivity index is 2.04. The van der Waals surface area contributed by atoms with Gasteiger partial charge in [0.25, 0.3) is 0 Å². The maximum Gasteiger partial charge on any atom is 0.174 e. The van der Waals surface area contributed by atoms with Crippen molar-refractivity contribution >= 4 is 22.9 Å². The molecule has 0 saturated heterocycles. The minimum absolute atomic E-state index is 0.287. The van der Waals surface area contributed by atoms with Gasteiger partial charge in [0.2, 0.25) is 0 Å². The Labute approximate surface area is 155 Å². The molecule has 0 unspecified atom stereocenters. The van der Waals surface area contributed by atoms with Gasteiger partial charge in [0.15, 0.2) is 22.3 Å². The van der Waals surface area contributed by atoms with Crippen LogP contribution in [0.4, 0.5) is 0 Å². The van der Waals surface area contributed by atoms with Gasteiger partial charge in [-0.05, 0) is 25.3 Å². The van der Waals surface area contributed by atoms with Crippen LogP contribution in [0.1, 0.15) is 11.3 Å². The fourth-order valence-electron chi connectivity index (χ4n) is 2.80. The lowest BCUT2D eigenvalue weighted by atomic mass is 10.2. The standard InChI is InChI=1S/C20H15N5S/c1-13-8-10-15(11-9-13)25-19-17(23-20(25)26-2)16(12-21)22-18(24-19)14-6-4-3-5-7-14/h3-11H,1-2H3. The van der Waals surface area contributed by atoms with Crippen LogP contribution in [0, 0.1) is 18.3 Å². The molecular formula is C20H15N5S. The van der Waals surface area contributed by atoms with Crippen LogP contribution in [0.25, 0.3) is 28.2 Å². The Morgan fingerprint density at radius 1 is 0.962 bits per heavy atom. The van der Waals surface area contributed by atoms with Gasteiger partial charge in [-0.3, -0.25) is 4.57 Å². The number of thioether (sulfide) groups is 1. The van der Waals surface area contributed by atoms with E-state index in [9.17, 15) is 5.26 Å². The van der Waals surface area contributed by atoms with E-state index in [1.54, 1.807) is 0 Å². The Hall–Kier alpha value is -3.17. The molecule has 0 radical (unpaired) electrons. The van der Waals surface area contributed by atoms with Crippen LogP contribution in [0.5, 0.6) is 0 Å². The van der Waals surface area contributed by atoms with Crippen LogP contribution in [-0.4, -0.2) is 25.8 Å². The lowest BCUT2D eigenvalue weighted by Crippen LogP contribution is -2.00. The second kappa shape index (κ2) is 6.62.